The minimum absolute atomic E-state index is 0.0593. The third kappa shape index (κ3) is 3.89. The molecular weight excluding hydrogens is 271 g/mol. The molecule has 0 bridgehead atoms. The number of alkyl halides is 1. The zero-order valence-electron chi connectivity index (χ0n) is 11.4. The van der Waals surface area contributed by atoms with Gasteiger partial charge in [-0.3, -0.25) is 0 Å². The van der Waals surface area contributed by atoms with Gasteiger partial charge in [0.2, 0.25) is 6.17 Å². The van der Waals surface area contributed by atoms with Crippen LogP contribution >= 0.6 is 0 Å². The molecule has 21 heavy (non-hydrogen) atoms. The number of carboxylic acids is 1. The van der Waals surface area contributed by atoms with Gasteiger partial charge >= 0.3 is 5.97 Å². The molecule has 2 aromatic carbocycles. The fourth-order valence-corrected chi connectivity index (χ4v) is 2.37. The number of aliphatic carboxylic acids is 1. The van der Waals surface area contributed by atoms with Crippen LogP contribution in [0, 0.1) is 0 Å². The van der Waals surface area contributed by atoms with E-state index in [1.54, 1.807) is 48.5 Å². The predicted molar refractivity (Wildman–Crippen MR) is 77.8 cm³/mol. The van der Waals surface area contributed by atoms with E-state index in [-0.39, 0.29) is 12.8 Å². The maximum Gasteiger partial charge on any atom is 0.341 e. The molecule has 1 atom stereocenters. The molecule has 2 rings (SSSR count). The molecule has 0 heterocycles. The van der Waals surface area contributed by atoms with E-state index in [0.717, 1.165) is 0 Å². The highest BCUT2D eigenvalue weighted by Crippen LogP contribution is 2.25. The van der Waals surface area contributed by atoms with Crippen molar-refractivity contribution in [2.45, 2.75) is 24.6 Å². The normalized spacial score (nSPS) is 12.9. The van der Waals surface area contributed by atoms with E-state index in [0.29, 0.717) is 11.1 Å². The highest BCUT2D eigenvalue weighted by molar-refractivity contribution is 5.74. The van der Waals surface area contributed by atoms with Crippen LogP contribution in [-0.2, 0) is 17.6 Å². The summed E-state index contributed by atoms with van der Waals surface area (Å²) in [6.45, 7) is 0. The van der Waals surface area contributed by atoms with Crippen molar-refractivity contribution in [1.82, 2.24) is 0 Å². The van der Waals surface area contributed by atoms with Gasteiger partial charge < -0.3 is 10.2 Å². The van der Waals surface area contributed by atoms with Crippen LogP contribution in [0.5, 0.6) is 0 Å². The Kier molecular flexibility index (Phi) is 4.70. The van der Waals surface area contributed by atoms with E-state index >= 15 is 0 Å². The molecular formula is C17H17FO3. The van der Waals surface area contributed by atoms with Crippen LogP contribution in [0.15, 0.2) is 60.7 Å². The molecule has 0 aliphatic carbocycles. The molecule has 0 spiro atoms. The Balaban J connectivity index is 2.28. The molecule has 0 aliphatic rings. The van der Waals surface area contributed by atoms with Crippen molar-refractivity contribution in [3.8, 4) is 0 Å². The molecule has 0 saturated carbocycles. The van der Waals surface area contributed by atoms with Gasteiger partial charge in [0.25, 0.3) is 0 Å². The second-order valence-electron chi connectivity index (χ2n) is 5.13. The van der Waals surface area contributed by atoms with Crippen LogP contribution in [0.2, 0.25) is 0 Å². The monoisotopic (exact) mass is 288 g/mol. The van der Waals surface area contributed by atoms with Gasteiger partial charge in [-0.05, 0) is 11.1 Å². The summed E-state index contributed by atoms with van der Waals surface area (Å²) in [5, 5.41) is 19.5. The summed E-state index contributed by atoms with van der Waals surface area (Å²) in [6, 6.07) is 17.7. The average molecular weight is 288 g/mol. The predicted octanol–water partition coefficient (Wildman–Crippen LogP) is 2.63. The van der Waals surface area contributed by atoms with Crippen molar-refractivity contribution in [1.29, 1.82) is 0 Å². The first-order valence-electron chi connectivity index (χ1n) is 6.68. The van der Waals surface area contributed by atoms with Gasteiger partial charge in [-0.2, -0.15) is 0 Å². The van der Waals surface area contributed by atoms with Gasteiger partial charge in [-0.15, -0.1) is 0 Å². The van der Waals surface area contributed by atoms with Crippen LogP contribution < -0.4 is 0 Å². The van der Waals surface area contributed by atoms with Crippen molar-refractivity contribution in [2.75, 3.05) is 0 Å². The van der Waals surface area contributed by atoms with Crippen molar-refractivity contribution in [3.63, 3.8) is 0 Å². The standard InChI is InChI=1S/C17H17FO3/c18-15(16(19)20)17(21,11-13-7-3-1-4-8-13)12-14-9-5-2-6-10-14/h1-10,15,21H,11-12H2,(H,19,20)/t15-/m1/s1. The van der Waals surface area contributed by atoms with Crippen LogP contribution in [0.4, 0.5) is 4.39 Å². The van der Waals surface area contributed by atoms with Crippen LogP contribution in [0.25, 0.3) is 0 Å². The summed E-state index contributed by atoms with van der Waals surface area (Å²) in [6.07, 6.45) is -2.47. The van der Waals surface area contributed by atoms with Gasteiger partial charge in [0, 0.05) is 12.8 Å². The molecule has 0 amide bonds. The number of carbonyl (C=O) groups is 1. The van der Waals surface area contributed by atoms with Crippen LogP contribution in [0.1, 0.15) is 11.1 Å². The molecule has 0 fully saturated rings. The van der Waals surface area contributed by atoms with Crippen molar-refractivity contribution in [3.05, 3.63) is 71.8 Å². The molecule has 0 radical (unpaired) electrons. The average Bonchev–Trinajstić information content (AvgIpc) is 2.48. The van der Waals surface area contributed by atoms with Gasteiger partial charge in [0.15, 0.2) is 0 Å². The summed E-state index contributed by atoms with van der Waals surface area (Å²) in [7, 11) is 0. The number of hydrogen-bond acceptors (Lipinski definition) is 2. The van der Waals surface area contributed by atoms with Gasteiger partial charge in [0.05, 0.1) is 0 Å². The maximum absolute atomic E-state index is 14.1. The minimum Gasteiger partial charge on any atom is -0.479 e. The number of carboxylic acid groups (broad SMARTS) is 1. The van der Waals surface area contributed by atoms with E-state index in [2.05, 4.69) is 0 Å². The number of rotatable bonds is 6. The molecule has 0 aliphatic heterocycles. The second-order valence-corrected chi connectivity index (χ2v) is 5.13. The first-order valence-corrected chi connectivity index (χ1v) is 6.68. The Labute approximate surface area is 122 Å². The van der Waals surface area contributed by atoms with Gasteiger partial charge in [-0.25, -0.2) is 9.18 Å². The molecule has 110 valence electrons. The van der Waals surface area contributed by atoms with Crippen molar-refractivity contribution >= 4 is 5.97 Å². The Morgan fingerprint density at radius 3 is 1.67 bits per heavy atom. The summed E-state index contributed by atoms with van der Waals surface area (Å²) in [5.41, 5.74) is -0.589. The maximum atomic E-state index is 14.1. The number of hydrogen-bond donors (Lipinski definition) is 2. The molecule has 4 heteroatoms. The lowest BCUT2D eigenvalue weighted by atomic mass is 9.84. The SMILES string of the molecule is O=C(O)[C@@H](F)C(O)(Cc1ccccc1)Cc1ccccc1. The lowest BCUT2D eigenvalue weighted by molar-refractivity contribution is -0.154. The zero-order chi connectivity index (χ0) is 15.3. The molecule has 0 saturated heterocycles. The Morgan fingerprint density at radius 1 is 0.952 bits per heavy atom. The first-order chi connectivity index (χ1) is 10.0. The molecule has 3 nitrogen and oxygen atoms in total. The Morgan fingerprint density at radius 2 is 1.33 bits per heavy atom. The fraction of sp³-hybridized carbons (Fsp3) is 0.235. The summed E-state index contributed by atoms with van der Waals surface area (Å²) >= 11 is 0. The Bertz CT molecular complexity index is 542. The van der Waals surface area contributed by atoms with Crippen LogP contribution in [0.3, 0.4) is 0 Å². The van der Waals surface area contributed by atoms with E-state index in [9.17, 15) is 14.3 Å². The summed E-state index contributed by atoms with van der Waals surface area (Å²) < 4.78 is 14.1. The number of benzene rings is 2. The van der Waals surface area contributed by atoms with E-state index in [4.69, 9.17) is 5.11 Å². The third-order valence-electron chi connectivity index (χ3n) is 3.39. The highest BCUT2D eigenvalue weighted by atomic mass is 19.1. The largest absolute Gasteiger partial charge is 0.479 e. The second kappa shape index (κ2) is 6.50. The smallest absolute Gasteiger partial charge is 0.341 e. The lowest BCUT2D eigenvalue weighted by Gasteiger charge is -2.29. The van der Waals surface area contributed by atoms with Crippen molar-refractivity contribution < 1.29 is 19.4 Å². The van der Waals surface area contributed by atoms with Gasteiger partial charge in [0.1, 0.15) is 5.60 Å². The zero-order valence-corrected chi connectivity index (χ0v) is 11.4. The lowest BCUT2D eigenvalue weighted by Crippen LogP contribution is -2.48. The molecule has 2 aromatic rings. The topological polar surface area (TPSA) is 57.5 Å². The Hall–Kier alpha value is -2.20. The number of aliphatic hydroxyl groups is 1. The van der Waals surface area contributed by atoms with Crippen molar-refractivity contribution in [2.24, 2.45) is 0 Å². The summed E-state index contributed by atoms with van der Waals surface area (Å²) in [4.78, 5) is 11.0. The first kappa shape index (κ1) is 15.2. The van der Waals surface area contributed by atoms with E-state index in [1.165, 1.54) is 0 Å². The molecule has 2 N–H and O–H groups in total. The van der Waals surface area contributed by atoms with Crippen LogP contribution in [-0.4, -0.2) is 28.0 Å². The molecule has 0 unspecified atom stereocenters. The quantitative estimate of drug-likeness (QED) is 0.859. The third-order valence-corrected chi connectivity index (χ3v) is 3.39. The minimum atomic E-state index is -2.35. The molecule has 0 aromatic heterocycles. The number of halogens is 1. The fourth-order valence-electron chi connectivity index (χ4n) is 2.37. The highest BCUT2D eigenvalue weighted by Gasteiger charge is 2.42. The van der Waals surface area contributed by atoms with Gasteiger partial charge in [-0.1, -0.05) is 60.7 Å². The van der Waals surface area contributed by atoms with E-state index in [1.807, 2.05) is 12.1 Å². The van der Waals surface area contributed by atoms with E-state index < -0.39 is 17.7 Å². The summed E-state index contributed by atoms with van der Waals surface area (Å²) in [5.74, 6) is -1.65.